The molecule has 1 N–H and O–H groups in total. The zero-order chi connectivity index (χ0) is 21.9. The van der Waals surface area contributed by atoms with Crippen LogP contribution in [0.3, 0.4) is 0 Å². The summed E-state index contributed by atoms with van der Waals surface area (Å²) in [6.45, 7) is 2.05. The fourth-order valence-electron chi connectivity index (χ4n) is 3.92. The molecule has 1 saturated carbocycles. The second kappa shape index (κ2) is 8.85. The average Bonchev–Trinajstić information content (AvgIpc) is 3.08. The van der Waals surface area contributed by atoms with Crippen molar-refractivity contribution >= 4 is 12.1 Å². The van der Waals surface area contributed by atoms with Crippen molar-refractivity contribution in [3.8, 4) is 5.75 Å². The molecule has 7 nitrogen and oxygen atoms in total. The Bertz CT molecular complexity index is 808. The number of hydrogen-bond donors (Lipinski definition) is 1. The van der Waals surface area contributed by atoms with Gasteiger partial charge >= 0.3 is 18.4 Å². The van der Waals surface area contributed by atoms with Crippen LogP contribution >= 0.6 is 0 Å². The smallest absolute Gasteiger partial charge is 0.466 e. The third-order valence-corrected chi connectivity index (χ3v) is 5.34. The number of alkyl halides is 3. The van der Waals surface area contributed by atoms with E-state index in [0.29, 0.717) is 11.1 Å². The number of halogens is 3. The van der Waals surface area contributed by atoms with Gasteiger partial charge in [-0.3, -0.25) is 0 Å². The third-order valence-electron chi connectivity index (χ3n) is 5.34. The number of benzene rings is 1. The fraction of sp³-hybridized carbons (Fsp3) is 0.500. The van der Waals surface area contributed by atoms with E-state index >= 15 is 0 Å². The molecule has 30 heavy (non-hydrogen) atoms. The van der Waals surface area contributed by atoms with E-state index in [9.17, 15) is 22.8 Å². The number of nitrogens with one attached hydrogen (secondary N) is 1. The van der Waals surface area contributed by atoms with Crippen LogP contribution in [0.5, 0.6) is 5.75 Å². The quantitative estimate of drug-likeness (QED) is 0.716. The van der Waals surface area contributed by atoms with Crippen molar-refractivity contribution in [1.82, 2.24) is 5.32 Å². The summed E-state index contributed by atoms with van der Waals surface area (Å²) in [6, 6.07) is 5.12. The molecule has 0 bridgehead atoms. The van der Waals surface area contributed by atoms with Crippen LogP contribution < -0.4 is 10.1 Å². The lowest BCUT2D eigenvalue weighted by Crippen LogP contribution is -2.41. The summed E-state index contributed by atoms with van der Waals surface area (Å²) in [5.74, 6) is -0.907. The number of fused-ring (bicyclic) bond motifs is 1. The molecule has 0 aromatic heterocycles. The Morgan fingerprint density at radius 2 is 1.90 bits per heavy atom. The molecule has 0 radical (unpaired) electrons. The number of carbonyl (C=O) groups excluding carboxylic acids is 2. The summed E-state index contributed by atoms with van der Waals surface area (Å²) < 4.78 is 56.1. The first kappa shape index (κ1) is 21.8. The molecule has 1 aromatic carbocycles. The summed E-state index contributed by atoms with van der Waals surface area (Å²) in [7, 11) is 1.30. The van der Waals surface area contributed by atoms with Crippen LogP contribution in [0, 0.1) is 17.8 Å². The average molecular weight is 429 g/mol. The summed E-state index contributed by atoms with van der Waals surface area (Å²) in [4.78, 5) is 24.2. The van der Waals surface area contributed by atoms with Crippen LogP contribution in [-0.2, 0) is 25.5 Å². The fourth-order valence-corrected chi connectivity index (χ4v) is 3.92. The molecule has 1 aromatic rings. The van der Waals surface area contributed by atoms with Crippen molar-refractivity contribution in [3.05, 3.63) is 41.7 Å². The number of amides is 1. The molecular formula is C20H22F3NO6. The number of ether oxygens (including phenoxy) is 4. The minimum absolute atomic E-state index is 0.0464. The van der Waals surface area contributed by atoms with Crippen molar-refractivity contribution in [1.29, 1.82) is 0 Å². The van der Waals surface area contributed by atoms with Gasteiger partial charge in [-0.25, -0.2) is 9.59 Å². The summed E-state index contributed by atoms with van der Waals surface area (Å²) in [6.07, 6.45) is -3.42. The van der Waals surface area contributed by atoms with Gasteiger partial charge < -0.3 is 24.3 Å². The van der Waals surface area contributed by atoms with Gasteiger partial charge in [-0.2, -0.15) is 0 Å². The first-order chi connectivity index (χ1) is 14.2. The van der Waals surface area contributed by atoms with Crippen LogP contribution in [0.25, 0.3) is 0 Å². The van der Waals surface area contributed by atoms with Gasteiger partial charge in [0.25, 0.3) is 0 Å². The van der Waals surface area contributed by atoms with Gasteiger partial charge in [0.15, 0.2) is 0 Å². The van der Waals surface area contributed by atoms with E-state index in [1.54, 1.807) is 0 Å². The molecule has 164 valence electrons. The topological polar surface area (TPSA) is 83.1 Å². The van der Waals surface area contributed by atoms with Crippen LogP contribution in [0.1, 0.15) is 25.3 Å². The lowest BCUT2D eigenvalue weighted by atomic mass is 9.83. The van der Waals surface area contributed by atoms with E-state index in [4.69, 9.17) is 14.2 Å². The number of alkyl carbamates (subject to hydrolysis) is 1. The minimum atomic E-state index is -4.76. The third kappa shape index (κ3) is 5.17. The maximum atomic E-state index is 12.2. The predicted molar refractivity (Wildman–Crippen MR) is 96.8 cm³/mol. The Morgan fingerprint density at radius 3 is 2.53 bits per heavy atom. The summed E-state index contributed by atoms with van der Waals surface area (Å²) in [5, 5.41) is 2.54. The summed E-state index contributed by atoms with van der Waals surface area (Å²) in [5.41, 5.74) is 0.999. The molecular weight excluding hydrogens is 407 g/mol. The van der Waals surface area contributed by atoms with E-state index in [-0.39, 0.29) is 30.0 Å². The van der Waals surface area contributed by atoms with E-state index in [1.807, 2.05) is 6.92 Å². The standard InChI is InChI=1S/C20H22F3NO6/c1-11-3-8-14-15(17(25)27-2)10-28-18(16(11)14)29-19(26)24-9-12-4-6-13(7-5-12)30-20(21,22)23/h4-7,10-11,14,16,18H,3,8-9H2,1-2H3,(H,24,26). The van der Waals surface area contributed by atoms with Gasteiger partial charge in [-0.1, -0.05) is 19.1 Å². The van der Waals surface area contributed by atoms with E-state index < -0.39 is 24.7 Å². The molecule has 1 fully saturated rings. The van der Waals surface area contributed by atoms with Crippen molar-refractivity contribution in [2.45, 2.75) is 39.0 Å². The lowest BCUT2D eigenvalue weighted by Gasteiger charge is -2.34. The van der Waals surface area contributed by atoms with Crippen molar-refractivity contribution in [2.75, 3.05) is 7.11 Å². The van der Waals surface area contributed by atoms with Crippen LogP contribution in [0.15, 0.2) is 36.1 Å². The predicted octanol–water partition coefficient (Wildman–Crippen LogP) is 3.89. The minimum Gasteiger partial charge on any atom is -0.466 e. The molecule has 4 unspecified atom stereocenters. The van der Waals surface area contributed by atoms with Crippen LogP contribution in [0.4, 0.5) is 18.0 Å². The number of rotatable bonds is 5. The van der Waals surface area contributed by atoms with Gasteiger partial charge in [0, 0.05) is 18.4 Å². The van der Waals surface area contributed by atoms with E-state index in [0.717, 1.165) is 25.0 Å². The molecule has 2 aliphatic rings. The largest absolute Gasteiger partial charge is 0.573 e. The monoisotopic (exact) mass is 429 g/mol. The second-order valence-corrected chi connectivity index (χ2v) is 7.26. The highest BCUT2D eigenvalue weighted by Crippen LogP contribution is 2.46. The normalized spacial score (nSPS) is 25.4. The number of esters is 1. The molecule has 0 saturated heterocycles. The zero-order valence-corrected chi connectivity index (χ0v) is 16.4. The highest BCUT2D eigenvalue weighted by molar-refractivity contribution is 5.89. The Hall–Kier alpha value is -2.91. The Labute approximate surface area is 171 Å². The SMILES string of the molecule is COC(=O)C1=COC(OC(=O)NCc2ccc(OC(F)(F)F)cc2)C2C(C)CCC12. The van der Waals surface area contributed by atoms with Crippen LogP contribution in [0.2, 0.25) is 0 Å². The van der Waals surface area contributed by atoms with Gasteiger partial charge in [-0.15, -0.1) is 13.2 Å². The molecule has 3 rings (SSSR count). The lowest BCUT2D eigenvalue weighted by molar-refractivity contribution is -0.274. The van der Waals surface area contributed by atoms with E-state index in [1.165, 1.54) is 25.5 Å². The second-order valence-electron chi connectivity index (χ2n) is 7.26. The van der Waals surface area contributed by atoms with Gasteiger partial charge in [-0.05, 0) is 36.5 Å². The van der Waals surface area contributed by atoms with Crippen LogP contribution in [-0.4, -0.2) is 31.8 Å². The first-order valence-electron chi connectivity index (χ1n) is 9.41. The maximum absolute atomic E-state index is 12.2. The molecule has 0 spiro atoms. The molecule has 1 aliphatic carbocycles. The highest BCUT2D eigenvalue weighted by atomic mass is 19.4. The van der Waals surface area contributed by atoms with Crippen molar-refractivity contribution in [2.24, 2.45) is 17.8 Å². The number of carbonyl (C=O) groups is 2. The highest BCUT2D eigenvalue weighted by Gasteiger charge is 2.48. The Balaban J connectivity index is 1.56. The molecule has 1 aliphatic heterocycles. The van der Waals surface area contributed by atoms with Crippen molar-refractivity contribution < 1.29 is 41.7 Å². The Kier molecular flexibility index (Phi) is 6.42. The summed E-state index contributed by atoms with van der Waals surface area (Å²) >= 11 is 0. The van der Waals surface area contributed by atoms with Gasteiger partial charge in [0.2, 0.25) is 6.29 Å². The zero-order valence-electron chi connectivity index (χ0n) is 16.4. The Morgan fingerprint density at radius 1 is 1.20 bits per heavy atom. The molecule has 10 heteroatoms. The molecule has 1 amide bonds. The molecule has 1 heterocycles. The molecule has 4 atom stereocenters. The van der Waals surface area contributed by atoms with Gasteiger partial charge in [0.1, 0.15) is 5.75 Å². The maximum Gasteiger partial charge on any atom is 0.573 e. The van der Waals surface area contributed by atoms with Crippen molar-refractivity contribution in [3.63, 3.8) is 0 Å². The van der Waals surface area contributed by atoms with Gasteiger partial charge in [0.05, 0.1) is 18.9 Å². The first-order valence-corrected chi connectivity index (χ1v) is 9.41. The number of methoxy groups -OCH3 is 1. The number of hydrogen-bond acceptors (Lipinski definition) is 6. The van der Waals surface area contributed by atoms with E-state index in [2.05, 4.69) is 10.1 Å².